The number of furan rings is 1. The highest BCUT2D eigenvalue weighted by atomic mass is 19.1. The third kappa shape index (κ3) is 4.43. The summed E-state index contributed by atoms with van der Waals surface area (Å²) in [6, 6.07) is 19.3. The molecule has 0 aliphatic carbocycles. The molecule has 0 unspecified atom stereocenters. The molecule has 1 aliphatic rings. The highest BCUT2D eigenvalue weighted by molar-refractivity contribution is 5.95. The minimum absolute atomic E-state index is 0.00460. The van der Waals surface area contributed by atoms with Crippen LogP contribution in [0.5, 0.6) is 0 Å². The van der Waals surface area contributed by atoms with Crippen molar-refractivity contribution in [3.05, 3.63) is 95.7 Å². The fourth-order valence-corrected chi connectivity index (χ4v) is 3.96. The van der Waals surface area contributed by atoms with Crippen molar-refractivity contribution in [2.75, 3.05) is 13.1 Å². The summed E-state index contributed by atoms with van der Waals surface area (Å²) in [7, 11) is 0. The van der Waals surface area contributed by atoms with Crippen LogP contribution in [0.3, 0.4) is 0 Å². The van der Waals surface area contributed by atoms with Crippen LogP contribution in [0.4, 0.5) is 4.39 Å². The fourth-order valence-electron chi connectivity index (χ4n) is 3.96. The van der Waals surface area contributed by atoms with Crippen molar-refractivity contribution < 1.29 is 18.4 Å². The molecule has 2 heterocycles. The lowest BCUT2D eigenvalue weighted by Gasteiger charge is -2.37. The van der Waals surface area contributed by atoms with Crippen molar-refractivity contribution in [1.29, 1.82) is 0 Å². The van der Waals surface area contributed by atoms with Crippen molar-refractivity contribution in [3.8, 4) is 0 Å². The minimum atomic E-state index is -0.553. The lowest BCUT2D eigenvalue weighted by atomic mass is 9.83. The first kappa shape index (κ1) is 19.9. The van der Waals surface area contributed by atoms with Gasteiger partial charge in [-0.3, -0.25) is 9.59 Å². The van der Waals surface area contributed by atoms with Gasteiger partial charge < -0.3 is 14.6 Å². The molecule has 2 amide bonds. The van der Waals surface area contributed by atoms with Crippen LogP contribution in [0.25, 0.3) is 0 Å². The Hall–Kier alpha value is -3.41. The number of nitrogens with zero attached hydrogens (tertiary/aromatic N) is 1. The maximum atomic E-state index is 14.2. The van der Waals surface area contributed by atoms with Gasteiger partial charge in [0.05, 0.1) is 24.3 Å². The molecule has 0 radical (unpaired) electrons. The molecule has 6 heteroatoms. The predicted octanol–water partition coefficient (Wildman–Crippen LogP) is 3.98. The number of piperidine rings is 1. The molecule has 1 aromatic heterocycles. The van der Waals surface area contributed by atoms with E-state index in [0.717, 1.165) is 5.56 Å². The first-order valence-electron chi connectivity index (χ1n) is 10.0. The zero-order chi connectivity index (χ0) is 20.9. The summed E-state index contributed by atoms with van der Waals surface area (Å²) in [6.07, 6.45) is 2.18. The molecule has 2 atom stereocenters. The molecule has 4 rings (SSSR count). The first-order valence-corrected chi connectivity index (χ1v) is 10.0. The number of rotatable bonds is 5. The molecule has 154 valence electrons. The second-order valence-corrected chi connectivity index (χ2v) is 7.53. The Morgan fingerprint density at radius 1 is 1.00 bits per heavy atom. The van der Waals surface area contributed by atoms with Gasteiger partial charge in [-0.15, -0.1) is 0 Å². The Morgan fingerprint density at radius 2 is 1.77 bits per heavy atom. The number of benzene rings is 2. The van der Waals surface area contributed by atoms with Crippen molar-refractivity contribution in [3.63, 3.8) is 0 Å². The van der Waals surface area contributed by atoms with Gasteiger partial charge in [-0.1, -0.05) is 42.5 Å². The molecule has 0 saturated carbocycles. The van der Waals surface area contributed by atoms with Crippen molar-refractivity contribution in [2.24, 2.45) is 5.92 Å². The zero-order valence-corrected chi connectivity index (χ0v) is 16.5. The highest BCUT2D eigenvalue weighted by Crippen LogP contribution is 2.31. The molecule has 30 heavy (non-hydrogen) atoms. The molecule has 3 aromatic rings. The monoisotopic (exact) mass is 406 g/mol. The van der Waals surface area contributed by atoms with E-state index < -0.39 is 17.6 Å². The zero-order valence-electron chi connectivity index (χ0n) is 16.5. The van der Waals surface area contributed by atoms with Gasteiger partial charge in [-0.25, -0.2) is 4.39 Å². The summed E-state index contributed by atoms with van der Waals surface area (Å²) in [5.74, 6) is -0.818. The van der Waals surface area contributed by atoms with E-state index in [0.29, 0.717) is 25.3 Å². The van der Waals surface area contributed by atoms with E-state index in [1.54, 1.807) is 35.4 Å². The van der Waals surface area contributed by atoms with Crippen molar-refractivity contribution >= 4 is 11.8 Å². The van der Waals surface area contributed by atoms with Crippen LogP contribution < -0.4 is 5.32 Å². The molecular formula is C24H23FN2O3. The summed E-state index contributed by atoms with van der Waals surface area (Å²) in [6.45, 7) is 0.985. The molecule has 0 bridgehead atoms. The van der Waals surface area contributed by atoms with Gasteiger partial charge in [0.1, 0.15) is 11.6 Å². The highest BCUT2D eigenvalue weighted by Gasteiger charge is 2.35. The van der Waals surface area contributed by atoms with Crippen molar-refractivity contribution in [2.45, 2.75) is 18.9 Å². The van der Waals surface area contributed by atoms with Crippen LogP contribution in [0, 0.1) is 11.7 Å². The fraction of sp³-hybridized carbons (Fsp3) is 0.250. The van der Waals surface area contributed by atoms with E-state index in [2.05, 4.69) is 5.32 Å². The van der Waals surface area contributed by atoms with Gasteiger partial charge in [0, 0.05) is 19.0 Å². The van der Waals surface area contributed by atoms with Crippen molar-refractivity contribution in [1.82, 2.24) is 10.2 Å². The van der Waals surface area contributed by atoms with E-state index >= 15 is 0 Å². The number of carbonyl (C=O) groups is 2. The molecule has 1 N–H and O–H groups in total. The van der Waals surface area contributed by atoms with Crippen LogP contribution >= 0.6 is 0 Å². The topological polar surface area (TPSA) is 62.6 Å². The first-order chi connectivity index (χ1) is 14.6. The maximum Gasteiger partial charge on any atom is 0.256 e. The van der Waals surface area contributed by atoms with Gasteiger partial charge in [0.25, 0.3) is 5.91 Å². The lowest BCUT2D eigenvalue weighted by molar-refractivity contribution is -0.126. The van der Waals surface area contributed by atoms with Crippen LogP contribution in [-0.2, 0) is 11.3 Å². The molecule has 5 nitrogen and oxygen atoms in total. The largest absolute Gasteiger partial charge is 0.467 e. The second-order valence-electron chi connectivity index (χ2n) is 7.53. The summed E-state index contributed by atoms with van der Waals surface area (Å²) in [5, 5.41) is 2.89. The average Bonchev–Trinajstić information content (AvgIpc) is 3.31. The van der Waals surface area contributed by atoms with E-state index in [1.165, 1.54) is 12.1 Å². The van der Waals surface area contributed by atoms with Gasteiger partial charge in [0.2, 0.25) is 5.91 Å². The number of hydrogen-bond donors (Lipinski definition) is 1. The van der Waals surface area contributed by atoms with Crippen LogP contribution in [0.15, 0.2) is 77.4 Å². The van der Waals surface area contributed by atoms with Crippen LogP contribution in [0.2, 0.25) is 0 Å². The molecule has 2 aromatic carbocycles. The number of carbonyl (C=O) groups excluding carboxylic acids is 2. The SMILES string of the molecule is O=C(NCc1ccco1)[C@H]1C[C@H](c2ccccc2)CN(C(=O)c2ccccc2F)C1. The second kappa shape index (κ2) is 8.95. The summed E-state index contributed by atoms with van der Waals surface area (Å²) in [5.41, 5.74) is 1.09. The number of halogens is 1. The van der Waals surface area contributed by atoms with Gasteiger partial charge >= 0.3 is 0 Å². The maximum absolute atomic E-state index is 14.2. The molecular weight excluding hydrogens is 383 g/mol. The Labute approximate surface area is 174 Å². The predicted molar refractivity (Wildman–Crippen MR) is 110 cm³/mol. The lowest BCUT2D eigenvalue weighted by Crippen LogP contribution is -2.48. The van der Waals surface area contributed by atoms with Gasteiger partial charge in [-0.2, -0.15) is 0 Å². The standard InChI is InChI=1S/C24H23FN2O3/c25-22-11-5-4-10-21(22)24(29)27-15-18(17-7-2-1-3-8-17)13-19(16-27)23(28)26-14-20-9-6-12-30-20/h1-12,18-19H,13-16H2,(H,26,28)/t18-,19-/m0/s1. The van der Waals surface area contributed by atoms with E-state index in [-0.39, 0.29) is 23.9 Å². The molecule has 1 saturated heterocycles. The number of nitrogens with one attached hydrogen (secondary N) is 1. The smallest absolute Gasteiger partial charge is 0.256 e. The number of likely N-dealkylation sites (tertiary alicyclic amines) is 1. The number of amides is 2. The molecule has 1 aliphatic heterocycles. The summed E-state index contributed by atoms with van der Waals surface area (Å²) < 4.78 is 19.5. The van der Waals surface area contributed by atoms with Crippen LogP contribution in [0.1, 0.15) is 34.0 Å². The molecule has 0 spiro atoms. The van der Waals surface area contributed by atoms with Gasteiger partial charge in [-0.05, 0) is 36.2 Å². The Morgan fingerprint density at radius 3 is 2.50 bits per heavy atom. The van der Waals surface area contributed by atoms with E-state index in [9.17, 15) is 14.0 Å². The van der Waals surface area contributed by atoms with E-state index in [1.807, 2.05) is 30.3 Å². The number of hydrogen-bond acceptors (Lipinski definition) is 3. The summed E-state index contributed by atoms with van der Waals surface area (Å²) >= 11 is 0. The van der Waals surface area contributed by atoms with E-state index in [4.69, 9.17) is 4.42 Å². The Balaban J connectivity index is 1.54. The quantitative estimate of drug-likeness (QED) is 0.697. The molecule has 1 fully saturated rings. The van der Waals surface area contributed by atoms with Crippen LogP contribution in [-0.4, -0.2) is 29.8 Å². The third-order valence-electron chi connectivity index (χ3n) is 5.50. The third-order valence-corrected chi connectivity index (χ3v) is 5.50. The Kier molecular flexibility index (Phi) is 5.93. The Bertz CT molecular complexity index is 1000. The summed E-state index contributed by atoms with van der Waals surface area (Å²) in [4.78, 5) is 27.5. The minimum Gasteiger partial charge on any atom is -0.467 e. The van der Waals surface area contributed by atoms with Gasteiger partial charge in [0.15, 0.2) is 0 Å². The normalized spacial score (nSPS) is 18.8. The average molecular weight is 406 g/mol.